The quantitative estimate of drug-likeness (QED) is 0.686. The highest BCUT2D eigenvalue weighted by Gasteiger charge is 2.05. The van der Waals surface area contributed by atoms with Gasteiger partial charge in [0.1, 0.15) is 5.75 Å². The van der Waals surface area contributed by atoms with Crippen molar-refractivity contribution in [2.75, 3.05) is 0 Å². The minimum Gasteiger partial charge on any atom is -0.507 e. The average molecular weight is 175 g/mol. The first-order chi connectivity index (χ1) is 6.18. The zero-order chi connectivity index (χ0) is 9.42. The van der Waals surface area contributed by atoms with Crippen LogP contribution in [0.25, 0.3) is 10.9 Å². The maximum absolute atomic E-state index is 9.67. The third kappa shape index (κ3) is 1.28. The summed E-state index contributed by atoms with van der Waals surface area (Å²) in [6.07, 6.45) is 1.84. The van der Waals surface area contributed by atoms with E-state index in [-0.39, 0.29) is 0 Å². The Labute approximate surface area is 77.2 Å². The summed E-state index contributed by atoms with van der Waals surface area (Å²) in [4.78, 5) is 3.10. The van der Waals surface area contributed by atoms with Crippen molar-refractivity contribution in [3.8, 4) is 5.75 Å². The van der Waals surface area contributed by atoms with Crippen molar-refractivity contribution in [2.45, 2.75) is 19.8 Å². The van der Waals surface area contributed by atoms with Gasteiger partial charge >= 0.3 is 0 Å². The molecular weight excluding hydrogens is 162 g/mol. The van der Waals surface area contributed by atoms with Gasteiger partial charge in [0.25, 0.3) is 0 Å². The molecule has 0 aliphatic carbocycles. The Morgan fingerprint density at radius 3 is 2.77 bits per heavy atom. The maximum Gasteiger partial charge on any atom is 0.125 e. The van der Waals surface area contributed by atoms with Gasteiger partial charge < -0.3 is 10.1 Å². The van der Waals surface area contributed by atoms with E-state index in [0.29, 0.717) is 11.7 Å². The van der Waals surface area contributed by atoms with E-state index in [0.717, 1.165) is 16.5 Å². The molecule has 13 heavy (non-hydrogen) atoms. The molecule has 2 aromatic rings. The van der Waals surface area contributed by atoms with Crippen molar-refractivity contribution in [2.24, 2.45) is 0 Å². The number of phenolic OH excluding ortho intramolecular Hbond substituents is 1. The first-order valence-corrected chi connectivity index (χ1v) is 4.48. The summed E-state index contributed by atoms with van der Waals surface area (Å²) in [5.41, 5.74) is 2.16. The first kappa shape index (κ1) is 8.17. The number of nitrogens with one attached hydrogen (secondary N) is 1. The van der Waals surface area contributed by atoms with E-state index >= 15 is 0 Å². The van der Waals surface area contributed by atoms with Crippen LogP contribution in [0.3, 0.4) is 0 Å². The number of fused-ring (bicyclic) bond motifs is 1. The average Bonchev–Trinajstić information content (AvgIpc) is 2.51. The van der Waals surface area contributed by atoms with Gasteiger partial charge in [-0.15, -0.1) is 0 Å². The molecule has 0 saturated carbocycles. The van der Waals surface area contributed by atoms with Gasteiger partial charge in [0, 0.05) is 17.1 Å². The van der Waals surface area contributed by atoms with Crippen LogP contribution in [0.5, 0.6) is 5.75 Å². The summed E-state index contributed by atoms with van der Waals surface area (Å²) in [7, 11) is 0. The van der Waals surface area contributed by atoms with Crippen LogP contribution in [0.15, 0.2) is 24.4 Å². The Morgan fingerprint density at radius 1 is 1.31 bits per heavy atom. The van der Waals surface area contributed by atoms with E-state index in [4.69, 9.17) is 0 Å². The molecule has 0 aliphatic heterocycles. The lowest BCUT2D eigenvalue weighted by atomic mass is 10.0. The van der Waals surface area contributed by atoms with Crippen LogP contribution in [0.4, 0.5) is 0 Å². The van der Waals surface area contributed by atoms with E-state index in [9.17, 15) is 5.11 Å². The summed E-state index contributed by atoms with van der Waals surface area (Å²) in [5, 5.41) is 10.6. The Hall–Kier alpha value is -1.44. The molecule has 0 amide bonds. The molecule has 2 heteroatoms. The molecule has 1 heterocycles. The molecule has 0 bridgehead atoms. The highest BCUT2D eigenvalue weighted by molar-refractivity contribution is 5.86. The summed E-state index contributed by atoms with van der Waals surface area (Å²) >= 11 is 0. The van der Waals surface area contributed by atoms with Gasteiger partial charge in [0.05, 0.1) is 0 Å². The summed E-state index contributed by atoms with van der Waals surface area (Å²) in [6, 6.07) is 5.80. The van der Waals surface area contributed by atoms with Crippen LogP contribution in [0, 0.1) is 0 Å². The lowest BCUT2D eigenvalue weighted by Gasteiger charge is -2.06. The third-order valence-electron chi connectivity index (χ3n) is 2.34. The summed E-state index contributed by atoms with van der Waals surface area (Å²) < 4.78 is 0. The number of aromatic nitrogens is 1. The summed E-state index contributed by atoms with van der Waals surface area (Å²) in [5.74, 6) is 0.807. The van der Waals surface area contributed by atoms with E-state index in [1.165, 1.54) is 0 Å². The Balaban J connectivity index is 2.70. The minimum absolute atomic E-state index is 0.363. The predicted octanol–water partition coefficient (Wildman–Crippen LogP) is 3.00. The molecule has 68 valence electrons. The van der Waals surface area contributed by atoms with Gasteiger partial charge in [-0.3, -0.25) is 0 Å². The molecule has 2 N–H and O–H groups in total. The van der Waals surface area contributed by atoms with Crippen LogP contribution >= 0.6 is 0 Å². The number of aromatic hydroxyl groups is 1. The zero-order valence-electron chi connectivity index (χ0n) is 7.83. The second-order valence-corrected chi connectivity index (χ2v) is 3.63. The highest BCUT2D eigenvalue weighted by Crippen LogP contribution is 2.28. The van der Waals surface area contributed by atoms with Crippen molar-refractivity contribution in [3.05, 3.63) is 30.0 Å². The van der Waals surface area contributed by atoms with E-state index in [1.807, 2.05) is 18.3 Å². The van der Waals surface area contributed by atoms with Gasteiger partial charge in [0.15, 0.2) is 0 Å². The van der Waals surface area contributed by atoms with Crippen molar-refractivity contribution in [1.82, 2.24) is 4.98 Å². The molecule has 2 rings (SSSR count). The maximum atomic E-state index is 9.67. The topological polar surface area (TPSA) is 36.0 Å². The number of aromatic amines is 1. The summed E-state index contributed by atoms with van der Waals surface area (Å²) in [6.45, 7) is 4.23. The molecule has 0 atom stereocenters. The first-order valence-electron chi connectivity index (χ1n) is 4.48. The van der Waals surface area contributed by atoms with Crippen molar-refractivity contribution < 1.29 is 5.11 Å². The van der Waals surface area contributed by atoms with Crippen molar-refractivity contribution >= 4 is 10.9 Å². The second kappa shape index (κ2) is 2.80. The van der Waals surface area contributed by atoms with Crippen LogP contribution in [-0.2, 0) is 0 Å². The monoisotopic (exact) mass is 175 g/mol. The fraction of sp³-hybridized carbons (Fsp3) is 0.273. The van der Waals surface area contributed by atoms with Crippen LogP contribution in [-0.4, -0.2) is 10.1 Å². The molecule has 0 fully saturated rings. The van der Waals surface area contributed by atoms with Crippen molar-refractivity contribution in [3.63, 3.8) is 0 Å². The number of rotatable bonds is 1. The Kier molecular flexibility index (Phi) is 1.76. The van der Waals surface area contributed by atoms with Gasteiger partial charge in [-0.25, -0.2) is 0 Å². The Morgan fingerprint density at radius 2 is 2.08 bits per heavy atom. The highest BCUT2D eigenvalue weighted by atomic mass is 16.3. The molecule has 0 radical (unpaired) electrons. The molecule has 1 aromatic heterocycles. The van der Waals surface area contributed by atoms with E-state index in [1.54, 1.807) is 0 Å². The number of H-pyrrole nitrogens is 1. The number of phenols is 1. The largest absolute Gasteiger partial charge is 0.507 e. The lowest BCUT2D eigenvalue weighted by molar-refractivity contribution is 0.480. The van der Waals surface area contributed by atoms with Gasteiger partial charge in [-0.2, -0.15) is 0 Å². The SMILES string of the molecule is CC(C)c1cc(O)c2cc[nH]c2c1. The Bertz CT molecular complexity index is 429. The van der Waals surface area contributed by atoms with E-state index < -0.39 is 0 Å². The molecule has 2 nitrogen and oxygen atoms in total. The van der Waals surface area contributed by atoms with Crippen LogP contribution in [0.1, 0.15) is 25.3 Å². The number of hydrogen-bond donors (Lipinski definition) is 2. The van der Waals surface area contributed by atoms with Gasteiger partial charge in [-0.1, -0.05) is 13.8 Å². The number of benzene rings is 1. The smallest absolute Gasteiger partial charge is 0.125 e. The minimum atomic E-state index is 0.363. The number of hydrogen-bond acceptors (Lipinski definition) is 1. The standard InChI is InChI=1S/C11H13NO/c1-7(2)8-5-10-9(3-4-12-10)11(13)6-8/h3-7,12-13H,1-2H3. The molecule has 0 spiro atoms. The van der Waals surface area contributed by atoms with Crippen molar-refractivity contribution in [1.29, 1.82) is 0 Å². The van der Waals surface area contributed by atoms with Crippen LogP contribution in [0.2, 0.25) is 0 Å². The van der Waals surface area contributed by atoms with Gasteiger partial charge in [0.2, 0.25) is 0 Å². The lowest BCUT2D eigenvalue weighted by Crippen LogP contribution is -1.86. The molecule has 0 saturated heterocycles. The molecule has 0 unspecified atom stereocenters. The molecular formula is C11H13NO. The van der Waals surface area contributed by atoms with Gasteiger partial charge in [-0.05, 0) is 29.7 Å². The zero-order valence-corrected chi connectivity index (χ0v) is 7.83. The van der Waals surface area contributed by atoms with E-state index in [2.05, 4.69) is 24.9 Å². The van der Waals surface area contributed by atoms with Crippen LogP contribution < -0.4 is 0 Å². The second-order valence-electron chi connectivity index (χ2n) is 3.63. The molecule has 1 aromatic carbocycles. The fourth-order valence-electron chi connectivity index (χ4n) is 1.50. The predicted molar refractivity (Wildman–Crippen MR) is 54.1 cm³/mol. The normalized spacial score (nSPS) is 11.3. The fourth-order valence-corrected chi connectivity index (χ4v) is 1.50. The third-order valence-corrected chi connectivity index (χ3v) is 2.34. The molecule has 0 aliphatic rings.